The van der Waals surface area contributed by atoms with E-state index in [1.807, 2.05) is 24.4 Å². The highest BCUT2D eigenvalue weighted by molar-refractivity contribution is 5.91. The maximum atomic E-state index is 4.93. The van der Waals surface area contributed by atoms with E-state index in [0.717, 1.165) is 47.7 Å². The van der Waals surface area contributed by atoms with E-state index in [2.05, 4.69) is 47.0 Å². The van der Waals surface area contributed by atoms with Crippen molar-refractivity contribution in [1.29, 1.82) is 0 Å². The fourth-order valence-electron chi connectivity index (χ4n) is 3.48. The van der Waals surface area contributed by atoms with Gasteiger partial charge in [0.25, 0.3) is 0 Å². The lowest BCUT2D eigenvalue weighted by molar-refractivity contribution is 0.272. The van der Waals surface area contributed by atoms with Crippen LogP contribution in [0.3, 0.4) is 0 Å². The molecule has 0 amide bonds. The summed E-state index contributed by atoms with van der Waals surface area (Å²) in [4.78, 5) is 18.7. The van der Waals surface area contributed by atoms with Crippen molar-refractivity contribution in [2.45, 2.75) is 19.4 Å². The molecule has 4 rings (SSSR count). The zero-order chi connectivity index (χ0) is 17.2. The van der Waals surface area contributed by atoms with Crippen LogP contribution in [0.4, 0.5) is 5.82 Å². The monoisotopic (exact) mass is 333 g/mol. The number of likely N-dealkylation sites (N-methyl/N-ethyl adjacent to an activating group) is 1. The molecule has 0 bridgehead atoms. The molecule has 3 heterocycles. The van der Waals surface area contributed by atoms with Gasteiger partial charge in [-0.1, -0.05) is 19.1 Å². The molecule has 2 aromatic heterocycles. The third kappa shape index (κ3) is 3.07. The molecule has 128 valence electrons. The van der Waals surface area contributed by atoms with Crippen molar-refractivity contribution >= 4 is 16.7 Å². The predicted octanol–water partition coefficient (Wildman–Crippen LogP) is 3.22. The van der Waals surface area contributed by atoms with E-state index in [1.54, 1.807) is 6.20 Å². The first-order valence-corrected chi connectivity index (χ1v) is 8.88. The summed E-state index contributed by atoms with van der Waals surface area (Å²) in [6.45, 7) is 5.33. The van der Waals surface area contributed by atoms with Gasteiger partial charge in [0, 0.05) is 42.5 Å². The molecule has 1 fully saturated rings. The minimum atomic E-state index is 0.584. The molecule has 1 atom stereocenters. The van der Waals surface area contributed by atoms with Gasteiger partial charge in [-0.2, -0.15) is 0 Å². The SMILES string of the molecule is CCN(C)[C@@H]1CCN(c2nc(-c3cccnc3)nc3ccccc23)C1. The third-order valence-corrected chi connectivity index (χ3v) is 5.09. The molecular weight excluding hydrogens is 310 g/mol. The Morgan fingerprint density at radius 3 is 2.84 bits per heavy atom. The molecule has 0 unspecified atom stereocenters. The summed E-state index contributed by atoms with van der Waals surface area (Å²) in [7, 11) is 2.20. The number of pyridine rings is 1. The summed E-state index contributed by atoms with van der Waals surface area (Å²) in [6, 6.07) is 12.8. The first-order chi connectivity index (χ1) is 12.3. The zero-order valence-corrected chi connectivity index (χ0v) is 14.8. The van der Waals surface area contributed by atoms with Crippen LogP contribution in [-0.2, 0) is 0 Å². The number of aromatic nitrogens is 3. The molecule has 1 aliphatic rings. The Hall–Kier alpha value is -2.53. The van der Waals surface area contributed by atoms with Crippen LogP contribution in [0.5, 0.6) is 0 Å². The lowest BCUT2D eigenvalue weighted by atomic mass is 10.2. The van der Waals surface area contributed by atoms with Crippen LogP contribution in [0.2, 0.25) is 0 Å². The number of anilines is 1. The zero-order valence-electron chi connectivity index (χ0n) is 14.8. The number of rotatable bonds is 4. The van der Waals surface area contributed by atoms with Gasteiger partial charge in [0.1, 0.15) is 5.82 Å². The second-order valence-corrected chi connectivity index (χ2v) is 6.59. The average Bonchev–Trinajstić information content (AvgIpc) is 3.17. The maximum absolute atomic E-state index is 4.93. The van der Waals surface area contributed by atoms with Crippen LogP contribution in [0.1, 0.15) is 13.3 Å². The molecule has 1 aromatic carbocycles. The van der Waals surface area contributed by atoms with Crippen LogP contribution in [0, 0.1) is 0 Å². The molecule has 3 aromatic rings. The van der Waals surface area contributed by atoms with Gasteiger partial charge in [-0.15, -0.1) is 0 Å². The molecule has 5 nitrogen and oxygen atoms in total. The predicted molar refractivity (Wildman–Crippen MR) is 102 cm³/mol. The number of fused-ring (bicyclic) bond motifs is 1. The number of nitrogens with zero attached hydrogens (tertiary/aromatic N) is 5. The van der Waals surface area contributed by atoms with Crippen molar-refractivity contribution in [3.05, 3.63) is 48.8 Å². The number of benzene rings is 1. The van der Waals surface area contributed by atoms with Crippen molar-refractivity contribution in [2.24, 2.45) is 0 Å². The van der Waals surface area contributed by atoms with E-state index in [9.17, 15) is 0 Å². The van der Waals surface area contributed by atoms with Gasteiger partial charge < -0.3 is 9.80 Å². The van der Waals surface area contributed by atoms with Gasteiger partial charge in [0.15, 0.2) is 5.82 Å². The molecule has 0 N–H and O–H groups in total. The van der Waals surface area contributed by atoms with Crippen molar-refractivity contribution in [1.82, 2.24) is 19.9 Å². The topological polar surface area (TPSA) is 45.2 Å². The molecular formula is C20H23N5. The molecule has 25 heavy (non-hydrogen) atoms. The number of para-hydroxylation sites is 1. The van der Waals surface area contributed by atoms with Gasteiger partial charge in [-0.05, 0) is 44.3 Å². The molecule has 0 saturated carbocycles. The Bertz CT molecular complexity index is 864. The molecule has 0 aliphatic carbocycles. The highest BCUT2D eigenvalue weighted by Gasteiger charge is 2.27. The number of hydrogen-bond acceptors (Lipinski definition) is 5. The van der Waals surface area contributed by atoms with Crippen LogP contribution < -0.4 is 4.90 Å². The highest BCUT2D eigenvalue weighted by Crippen LogP contribution is 2.30. The fourth-order valence-corrected chi connectivity index (χ4v) is 3.48. The van der Waals surface area contributed by atoms with Gasteiger partial charge in [-0.25, -0.2) is 9.97 Å². The van der Waals surface area contributed by atoms with Crippen molar-refractivity contribution in [3.8, 4) is 11.4 Å². The normalized spacial score (nSPS) is 17.6. The highest BCUT2D eigenvalue weighted by atomic mass is 15.3. The second-order valence-electron chi connectivity index (χ2n) is 6.59. The van der Waals surface area contributed by atoms with Crippen molar-refractivity contribution in [3.63, 3.8) is 0 Å². The summed E-state index contributed by atoms with van der Waals surface area (Å²) in [5.74, 6) is 1.78. The van der Waals surface area contributed by atoms with E-state index in [-0.39, 0.29) is 0 Å². The smallest absolute Gasteiger partial charge is 0.163 e. The summed E-state index contributed by atoms with van der Waals surface area (Å²) in [5.41, 5.74) is 1.94. The Labute approximate surface area is 148 Å². The quantitative estimate of drug-likeness (QED) is 0.733. The van der Waals surface area contributed by atoms with Crippen molar-refractivity contribution < 1.29 is 0 Å². The van der Waals surface area contributed by atoms with Crippen molar-refractivity contribution in [2.75, 3.05) is 31.6 Å². The second kappa shape index (κ2) is 6.76. The van der Waals surface area contributed by atoms with E-state index in [4.69, 9.17) is 9.97 Å². The first kappa shape index (κ1) is 16.0. The molecule has 0 radical (unpaired) electrons. The summed E-state index contributed by atoms with van der Waals surface area (Å²) < 4.78 is 0. The molecule has 1 saturated heterocycles. The number of hydrogen-bond donors (Lipinski definition) is 0. The Morgan fingerprint density at radius 1 is 1.16 bits per heavy atom. The van der Waals surface area contributed by atoms with E-state index >= 15 is 0 Å². The third-order valence-electron chi connectivity index (χ3n) is 5.09. The van der Waals surface area contributed by atoms with E-state index < -0.39 is 0 Å². The largest absolute Gasteiger partial charge is 0.354 e. The van der Waals surface area contributed by atoms with Crippen LogP contribution in [0.15, 0.2) is 48.8 Å². The minimum absolute atomic E-state index is 0.584. The fraction of sp³-hybridized carbons (Fsp3) is 0.350. The molecule has 0 spiro atoms. The first-order valence-electron chi connectivity index (χ1n) is 8.88. The lowest BCUT2D eigenvalue weighted by Gasteiger charge is -2.24. The van der Waals surface area contributed by atoms with Gasteiger partial charge in [0.05, 0.1) is 5.52 Å². The van der Waals surface area contributed by atoms with Gasteiger partial charge in [-0.3, -0.25) is 4.98 Å². The molecule has 5 heteroatoms. The Balaban J connectivity index is 1.77. The van der Waals surface area contributed by atoms with Crippen LogP contribution in [0.25, 0.3) is 22.3 Å². The van der Waals surface area contributed by atoms with Crippen LogP contribution in [-0.4, -0.2) is 52.6 Å². The molecule has 1 aliphatic heterocycles. The van der Waals surface area contributed by atoms with Gasteiger partial charge in [0.2, 0.25) is 0 Å². The van der Waals surface area contributed by atoms with Gasteiger partial charge >= 0.3 is 0 Å². The van der Waals surface area contributed by atoms with Crippen LogP contribution >= 0.6 is 0 Å². The summed E-state index contributed by atoms with van der Waals surface area (Å²) in [5, 5.41) is 1.12. The maximum Gasteiger partial charge on any atom is 0.163 e. The lowest BCUT2D eigenvalue weighted by Crippen LogP contribution is -2.34. The Morgan fingerprint density at radius 2 is 2.04 bits per heavy atom. The minimum Gasteiger partial charge on any atom is -0.354 e. The Kier molecular flexibility index (Phi) is 4.32. The van der Waals surface area contributed by atoms with E-state index in [0.29, 0.717) is 6.04 Å². The summed E-state index contributed by atoms with van der Waals surface area (Å²) >= 11 is 0. The van der Waals surface area contributed by atoms with E-state index in [1.165, 1.54) is 6.42 Å². The average molecular weight is 333 g/mol. The standard InChI is InChI=1S/C20H23N5/c1-3-24(2)16-10-12-25(14-16)20-17-8-4-5-9-18(17)22-19(23-20)15-7-6-11-21-13-15/h4-9,11,13,16H,3,10,12,14H2,1-2H3/t16-/m1/s1. The summed E-state index contributed by atoms with van der Waals surface area (Å²) in [6.07, 6.45) is 4.77.